The molecule has 4 nitrogen and oxygen atoms in total. The van der Waals surface area contributed by atoms with Crippen molar-refractivity contribution in [2.75, 3.05) is 4.90 Å². The van der Waals surface area contributed by atoms with Gasteiger partial charge in [-0.05, 0) is 76.3 Å². The van der Waals surface area contributed by atoms with Gasteiger partial charge in [0, 0.05) is 73.7 Å². The summed E-state index contributed by atoms with van der Waals surface area (Å²) >= 11 is 3.59. The Labute approximate surface area is 347 Å². The number of aromatic nitrogens is 3. The molecule has 0 fully saturated rings. The van der Waals surface area contributed by atoms with Gasteiger partial charge in [0.25, 0.3) is 0 Å². The summed E-state index contributed by atoms with van der Waals surface area (Å²) < 4.78 is 4.85. The minimum Gasteiger partial charge on any atom is -0.309 e. The van der Waals surface area contributed by atoms with Gasteiger partial charge >= 0.3 is 0 Å². The molecule has 3 aromatic heterocycles. The maximum absolute atomic E-state index is 5.36. The fraction of sp³-hybridized carbons (Fsp3) is 0. The highest BCUT2D eigenvalue weighted by atomic mass is 32.1. The van der Waals surface area contributed by atoms with Gasteiger partial charge < -0.3 is 4.90 Å². The van der Waals surface area contributed by atoms with Crippen molar-refractivity contribution in [1.29, 1.82) is 0 Å². The van der Waals surface area contributed by atoms with Gasteiger partial charge in [0.1, 0.15) is 0 Å². The maximum Gasteiger partial charge on any atom is 0.165 e. The number of hydrogen-bond acceptors (Lipinski definition) is 6. The lowest BCUT2D eigenvalue weighted by Crippen LogP contribution is -2.15. The van der Waals surface area contributed by atoms with Crippen molar-refractivity contribution in [3.8, 4) is 45.3 Å². The van der Waals surface area contributed by atoms with E-state index in [4.69, 9.17) is 15.0 Å². The van der Waals surface area contributed by atoms with E-state index in [1.807, 2.05) is 0 Å². The van der Waals surface area contributed by atoms with Crippen molar-refractivity contribution in [2.45, 2.75) is 0 Å². The first-order valence-corrected chi connectivity index (χ1v) is 21.4. The van der Waals surface area contributed by atoms with Crippen molar-refractivity contribution in [3.05, 3.63) is 182 Å². The molecule has 0 amide bonds. The first-order chi connectivity index (χ1) is 29.2. The van der Waals surface area contributed by atoms with E-state index in [9.17, 15) is 0 Å². The van der Waals surface area contributed by atoms with E-state index >= 15 is 0 Å². The Balaban J connectivity index is 1.05. The zero-order chi connectivity index (χ0) is 38.6. The molecule has 59 heavy (non-hydrogen) atoms. The number of thiophene rings is 2. The van der Waals surface area contributed by atoms with Crippen molar-refractivity contribution in [2.24, 2.45) is 0 Å². The van der Waals surface area contributed by atoms with Gasteiger partial charge in [0.2, 0.25) is 0 Å². The highest BCUT2D eigenvalue weighted by Gasteiger charge is 2.27. The molecule has 1 aliphatic heterocycles. The average Bonchev–Trinajstić information content (AvgIpc) is 3.87. The van der Waals surface area contributed by atoms with Crippen molar-refractivity contribution in [3.63, 3.8) is 0 Å². The van der Waals surface area contributed by atoms with Gasteiger partial charge in [-0.25, -0.2) is 15.0 Å². The van der Waals surface area contributed by atoms with Gasteiger partial charge in [-0.15, -0.1) is 22.7 Å². The van der Waals surface area contributed by atoms with E-state index in [0.29, 0.717) is 17.5 Å². The third-order valence-corrected chi connectivity index (χ3v) is 14.2. The fourth-order valence-corrected chi connectivity index (χ4v) is 11.6. The molecule has 0 aliphatic carbocycles. The number of benzene rings is 9. The summed E-state index contributed by atoms with van der Waals surface area (Å²) in [5.74, 6) is 1.97. The Bertz CT molecular complexity index is 3570. The average molecular weight is 787 g/mol. The molecule has 0 bridgehead atoms. The lowest BCUT2D eigenvalue weighted by molar-refractivity contribution is 1.08. The Hall–Kier alpha value is -7.25. The Morgan fingerprint density at radius 3 is 1.58 bits per heavy atom. The molecule has 0 N–H and O–H groups in total. The van der Waals surface area contributed by atoms with Crippen LogP contribution >= 0.6 is 22.7 Å². The molecule has 9 aromatic carbocycles. The van der Waals surface area contributed by atoms with Gasteiger partial charge in [0.05, 0.1) is 11.4 Å². The molecule has 0 atom stereocenters. The van der Waals surface area contributed by atoms with Crippen LogP contribution in [0.1, 0.15) is 0 Å². The monoisotopic (exact) mass is 786 g/mol. The van der Waals surface area contributed by atoms with Crippen molar-refractivity contribution < 1.29 is 0 Å². The normalized spacial score (nSPS) is 12.4. The first kappa shape index (κ1) is 32.8. The van der Waals surface area contributed by atoms with Crippen LogP contribution in [0.3, 0.4) is 0 Å². The lowest BCUT2D eigenvalue weighted by Gasteiger charge is -2.34. The molecule has 13 rings (SSSR count). The molecule has 12 aromatic rings. The second kappa shape index (κ2) is 12.6. The Kier molecular flexibility index (Phi) is 7.02. The molecule has 1 aliphatic rings. The van der Waals surface area contributed by atoms with Crippen LogP contribution in [0.2, 0.25) is 0 Å². The predicted octanol–water partition coefficient (Wildman–Crippen LogP) is 15.4. The molecule has 0 saturated carbocycles. The Morgan fingerprint density at radius 2 is 0.881 bits per heavy atom. The van der Waals surface area contributed by atoms with E-state index in [1.54, 1.807) is 22.7 Å². The minimum atomic E-state index is 0.637. The molecule has 274 valence electrons. The van der Waals surface area contributed by atoms with Crippen LogP contribution in [0.4, 0.5) is 17.1 Å². The van der Waals surface area contributed by atoms with Gasteiger partial charge in [-0.2, -0.15) is 0 Å². The van der Waals surface area contributed by atoms with Crippen molar-refractivity contribution >= 4 is 102 Å². The van der Waals surface area contributed by atoms with E-state index in [-0.39, 0.29) is 0 Å². The van der Waals surface area contributed by atoms with Crippen LogP contribution < -0.4 is 4.90 Å². The summed E-state index contributed by atoms with van der Waals surface area (Å²) in [5.41, 5.74) is 8.76. The first-order valence-electron chi connectivity index (χ1n) is 19.8. The quantitative estimate of drug-likeness (QED) is 0.178. The third-order valence-electron chi connectivity index (χ3n) is 11.8. The lowest BCUT2D eigenvalue weighted by atomic mass is 9.89. The van der Waals surface area contributed by atoms with E-state index in [2.05, 4.69) is 187 Å². The van der Waals surface area contributed by atoms with Crippen LogP contribution in [-0.4, -0.2) is 15.0 Å². The molecular formula is C53H30N4S2. The van der Waals surface area contributed by atoms with Crippen molar-refractivity contribution in [1.82, 2.24) is 15.0 Å². The second-order valence-corrected chi connectivity index (χ2v) is 17.3. The number of fused-ring (bicyclic) bond motifs is 9. The molecule has 0 saturated heterocycles. The SMILES string of the molecule is c1cc(-c2nc(-c3cccc4c3sc3ccccc34)nc(-c3cccc4c3sc3ccccc34)n2)cc(N2c3cc4ccccc4cc3-c3cccc4cccc2c34)c1. The highest BCUT2D eigenvalue weighted by molar-refractivity contribution is 7.26. The summed E-state index contributed by atoms with van der Waals surface area (Å²) in [5, 5.41) is 9.83. The largest absolute Gasteiger partial charge is 0.309 e. The van der Waals surface area contributed by atoms with Crippen LogP contribution in [0.5, 0.6) is 0 Å². The molecule has 0 radical (unpaired) electrons. The molecule has 0 unspecified atom stereocenters. The predicted molar refractivity (Wildman–Crippen MR) is 251 cm³/mol. The molecule has 0 spiro atoms. The highest BCUT2D eigenvalue weighted by Crippen LogP contribution is 2.52. The summed E-state index contributed by atoms with van der Waals surface area (Å²) in [6.45, 7) is 0. The van der Waals surface area contributed by atoms with Crippen LogP contribution in [0.25, 0.3) is 107 Å². The fourth-order valence-electron chi connectivity index (χ4n) is 9.15. The van der Waals surface area contributed by atoms with E-state index in [0.717, 1.165) is 33.8 Å². The molecule has 6 heteroatoms. The summed E-state index contributed by atoms with van der Waals surface area (Å²) in [4.78, 5) is 18.5. The summed E-state index contributed by atoms with van der Waals surface area (Å²) in [6.07, 6.45) is 0. The van der Waals surface area contributed by atoms with Gasteiger partial charge in [-0.3, -0.25) is 0 Å². The molecular weight excluding hydrogens is 757 g/mol. The summed E-state index contributed by atoms with van der Waals surface area (Å²) in [7, 11) is 0. The number of hydrogen-bond donors (Lipinski definition) is 0. The smallest absolute Gasteiger partial charge is 0.165 e. The Morgan fingerprint density at radius 1 is 0.356 bits per heavy atom. The van der Waals surface area contributed by atoms with Gasteiger partial charge in [-0.1, -0.05) is 127 Å². The zero-order valence-electron chi connectivity index (χ0n) is 31.4. The minimum absolute atomic E-state index is 0.637. The third kappa shape index (κ3) is 4.97. The topological polar surface area (TPSA) is 41.9 Å². The van der Waals surface area contributed by atoms with Crippen LogP contribution in [0.15, 0.2) is 182 Å². The van der Waals surface area contributed by atoms with Crippen LogP contribution in [-0.2, 0) is 0 Å². The maximum atomic E-state index is 5.36. The standard InChI is InChI=1S/C53H30N4S2/c1-2-13-33-30-45-43(29-32(33)12-1)38-20-8-14-31-15-9-25-44(48(31)38)57(45)35-17-7-16-34(28-35)51-54-52(41-23-10-21-39-36-18-3-5-26-46(36)58-49(39)41)56-53(55-51)42-24-11-22-40-37-19-4-6-27-47(37)59-50(40)42/h1-30H. The number of nitrogens with zero attached hydrogens (tertiary/aromatic N) is 4. The van der Waals surface area contributed by atoms with Crippen LogP contribution in [0, 0.1) is 0 Å². The van der Waals surface area contributed by atoms with E-state index in [1.165, 1.54) is 73.0 Å². The van der Waals surface area contributed by atoms with E-state index < -0.39 is 0 Å². The number of anilines is 3. The zero-order valence-corrected chi connectivity index (χ0v) is 33.1. The van der Waals surface area contributed by atoms with Gasteiger partial charge in [0.15, 0.2) is 17.5 Å². The molecule has 4 heterocycles. The summed E-state index contributed by atoms with van der Waals surface area (Å²) in [6, 6.07) is 65.5. The number of rotatable bonds is 4. The second-order valence-electron chi connectivity index (χ2n) is 15.2.